The first kappa shape index (κ1) is 18.8. The molecule has 0 atom stereocenters. The predicted octanol–water partition coefficient (Wildman–Crippen LogP) is -0.734. The Balaban J connectivity index is 2.27. The van der Waals surface area contributed by atoms with E-state index in [1.54, 1.807) is 0 Å². The molecule has 0 saturated carbocycles. The molecule has 0 radical (unpaired) electrons. The molecule has 21 heavy (non-hydrogen) atoms. The van der Waals surface area contributed by atoms with Crippen molar-refractivity contribution in [3.63, 3.8) is 0 Å². The Morgan fingerprint density at radius 1 is 0.857 bits per heavy atom. The molecule has 126 valence electrons. The fourth-order valence-corrected chi connectivity index (χ4v) is 2.38. The Morgan fingerprint density at radius 2 is 1.43 bits per heavy atom. The highest BCUT2D eigenvalue weighted by Gasteiger charge is 2.21. The van der Waals surface area contributed by atoms with E-state index in [0.29, 0.717) is 0 Å². The van der Waals surface area contributed by atoms with Gasteiger partial charge in [-0.05, 0) is 28.2 Å². The SMILES string of the molecule is CN(C)CCN1CNCN(CC[N+](C)(C)CCN(C)C)C1. The Hall–Kier alpha value is -0.240. The van der Waals surface area contributed by atoms with Crippen molar-refractivity contribution in [2.45, 2.75) is 0 Å². The van der Waals surface area contributed by atoms with Crippen LogP contribution in [0, 0.1) is 0 Å². The van der Waals surface area contributed by atoms with Gasteiger partial charge >= 0.3 is 0 Å². The summed E-state index contributed by atoms with van der Waals surface area (Å²) in [5.41, 5.74) is 0. The maximum absolute atomic E-state index is 3.51. The standard InChI is InChI=1S/C15H37N6/c1-17(2)7-8-19-13-16-14-20(15-19)10-12-21(5,6)11-9-18(3)4/h16H,7-15H2,1-6H3/q+1. The molecule has 6 nitrogen and oxygen atoms in total. The van der Waals surface area contributed by atoms with Crippen LogP contribution in [0.25, 0.3) is 0 Å². The first-order valence-electron chi connectivity index (χ1n) is 8.05. The van der Waals surface area contributed by atoms with Crippen LogP contribution in [0.2, 0.25) is 0 Å². The van der Waals surface area contributed by atoms with Crippen molar-refractivity contribution in [3.8, 4) is 0 Å². The fraction of sp³-hybridized carbons (Fsp3) is 1.00. The van der Waals surface area contributed by atoms with E-state index in [2.05, 4.69) is 67.2 Å². The van der Waals surface area contributed by atoms with E-state index in [-0.39, 0.29) is 0 Å². The van der Waals surface area contributed by atoms with E-state index in [1.165, 1.54) is 13.1 Å². The highest BCUT2D eigenvalue weighted by atomic mass is 15.4. The van der Waals surface area contributed by atoms with E-state index in [1.807, 2.05) is 0 Å². The molecule has 0 bridgehead atoms. The molecular weight excluding hydrogens is 264 g/mol. The van der Waals surface area contributed by atoms with Gasteiger partial charge in [0.05, 0.1) is 53.7 Å². The van der Waals surface area contributed by atoms with E-state index in [0.717, 1.165) is 50.7 Å². The molecule has 0 spiro atoms. The molecule has 0 amide bonds. The highest BCUT2D eigenvalue weighted by Crippen LogP contribution is 2.02. The van der Waals surface area contributed by atoms with Crippen LogP contribution in [-0.2, 0) is 0 Å². The van der Waals surface area contributed by atoms with Gasteiger partial charge in [0.2, 0.25) is 0 Å². The minimum atomic E-state index is 1.02. The van der Waals surface area contributed by atoms with Crippen LogP contribution in [0.5, 0.6) is 0 Å². The molecule has 1 saturated heterocycles. The van der Waals surface area contributed by atoms with Gasteiger partial charge in [-0.1, -0.05) is 0 Å². The molecule has 0 aliphatic carbocycles. The van der Waals surface area contributed by atoms with Crippen molar-refractivity contribution in [1.29, 1.82) is 0 Å². The zero-order valence-electron chi connectivity index (χ0n) is 15.1. The van der Waals surface area contributed by atoms with Crippen LogP contribution >= 0.6 is 0 Å². The van der Waals surface area contributed by atoms with Gasteiger partial charge in [-0.2, -0.15) is 0 Å². The van der Waals surface area contributed by atoms with Crippen molar-refractivity contribution < 1.29 is 4.48 Å². The summed E-state index contributed by atoms with van der Waals surface area (Å²) >= 11 is 0. The summed E-state index contributed by atoms with van der Waals surface area (Å²) in [5, 5.41) is 3.51. The minimum absolute atomic E-state index is 1.02. The highest BCUT2D eigenvalue weighted by molar-refractivity contribution is 4.66. The first-order chi connectivity index (χ1) is 9.78. The maximum atomic E-state index is 3.51. The Kier molecular flexibility index (Phi) is 8.08. The van der Waals surface area contributed by atoms with Gasteiger partial charge in [-0.3, -0.25) is 15.1 Å². The number of nitrogens with one attached hydrogen (secondary N) is 1. The third-order valence-electron chi connectivity index (χ3n) is 4.11. The molecule has 0 aromatic heterocycles. The van der Waals surface area contributed by atoms with Gasteiger partial charge in [0.1, 0.15) is 0 Å². The van der Waals surface area contributed by atoms with Crippen LogP contribution < -0.4 is 5.32 Å². The Labute approximate surface area is 131 Å². The van der Waals surface area contributed by atoms with Gasteiger partial charge in [0.15, 0.2) is 0 Å². The Bertz CT molecular complexity index is 279. The number of hydrogen-bond donors (Lipinski definition) is 1. The summed E-state index contributed by atoms with van der Waals surface area (Å²) in [6.45, 7) is 10.1. The number of hydrogen-bond acceptors (Lipinski definition) is 5. The van der Waals surface area contributed by atoms with Crippen molar-refractivity contribution in [3.05, 3.63) is 0 Å². The topological polar surface area (TPSA) is 25.0 Å². The third-order valence-corrected chi connectivity index (χ3v) is 4.11. The summed E-state index contributed by atoms with van der Waals surface area (Å²) in [4.78, 5) is 9.53. The lowest BCUT2D eigenvalue weighted by molar-refractivity contribution is -0.889. The van der Waals surface area contributed by atoms with Gasteiger partial charge in [-0.15, -0.1) is 0 Å². The molecule has 6 heteroatoms. The fourth-order valence-electron chi connectivity index (χ4n) is 2.38. The van der Waals surface area contributed by atoms with E-state index < -0.39 is 0 Å². The van der Waals surface area contributed by atoms with Crippen LogP contribution in [0.3, 0.4) is 0 Å². The molecular formula is C15H37N6+. The normalized spacial score (nSPS) is 18.9. The number of rotatable bonds is 9. The third kappa shape index (κ3) is 8.70. The zero-order valence-corrected chi connectivity index (χ0v) is 15.1. The average Bonchev–Trinajstić information content (AvgIpc) is 2.42. The smallest absolute Gasteiger partial charge is 0.0913 e. The lowest BCUT2D eigenvalue weighted by atomic mass is 10.3. The molecule has 1 rings (SSSR count). The average molecular weight is 302 g/mol. The van der Waals surface area contributed by atoms with Gasteiger partial charge in [0, 0.05) is 19.6 Å². The lowest BCUT2D eigenvalue weighted by Gasteiger charge is -2.39. The molecule has 0 aromatic rings. The minimum Gasteiger partial charge on any atom is -0.326 e. The van der Waals surface area contributed by atoms with Crippen LogP contribution in [-0.4, -0.2) is 126 Å². The predicted molar refractivity (Wildman–Crippen MR) is 90.1 cm³/mol. The molecule has 1 N–H and O–H groups in total. The van der Waals surface area contributed by atoms with E-state index in [4.69, 9.17) is 0 Å². The van der Waals surface area contributed by atoms with Gasteiger partial charge < -0.3 is 14.3 Å². The first-order valence-corrected chi connectivity index (χ1v) is 8.05. The molecule has 1 fully saturated rings. The summed E-state index contributed by atoms with van der Waals surface area (Å²) in [6, 6.07) is 0. The Morgan fingerprint density at radius 3 is 2.00 bits per heavy atom. The second-order valence-electron chi connectivity index (χ2n) is 7.49. The quantitative estimate of drug-likeness (QED) is 0.566. The molecule has 0 aromatic carbocycles. The largest absolute Gasteiger partial charge is 0.326 e. The van der Waals surface area contributed by atoms with Crippen molar-refractivity contribution in [2.75, 3.05) is 102 Å². The summed E-state index contributed by atoms with van der Waals surface area (Å²) in [7, 11) is 13.3. The van der Waals surface area contributed by atoms with Crippen LogP contribution in [0.4, 0.5) is 0 Å². The second kappa shape index (κ2) is 9.02. The number of quaternary nitrogens is 1. The van der Waals surface area contributed by atoms with Gasteiger partial charge in [0.25, 0.3) is 0 Å². The second-order valence-corrected chi connectivity index (χ2v) is 7.49. The molecule has 1 heterocycles. The monoisotopic (exact) mass is 301 g/mol. The van der Waals surface area contributed by atoms with Crippen LogP contribution in [0.1, 0.15) is 0 Å². The molecule has 1 aliphatic rings. The summed E-state index contributed by atoms with van der Waals surface area (Å²) in [6.07, 6.45) is 0. The molecule has 0 unspecified atom stereocenters. The van der Waals surface area contributed by atoms with Crippen molar-refractivity contribution in [2.24, 2.45) is 0 Å². The summed E-state index contributed by atoms with van der Waals surface area (Å²) < 4.78 is 1.09. The molecule has 1 aliphatic heterocycles. The maximum Gasteiger partial charge on any atom is 0.0913 e. The summed E-state index contributed by atoms with van der Waals surface area (Å²) in [5.74, 6) is 0. The van der Waals surface area contributed by atoms with E-state index >= 15 is 0 Å². The van der Waals surface area contributed by atoms with E-state index in [9.17, 15) is 0 Å². The van der Waals surface area contributed by atoms with Crippen molar-refractivity contribution >= 4 is 0 Å². The lowest BCUT2D eigenvalue weighted by Crippen LogP contribution is -2.57. The van der Waals surface area contributed by atoms with Crippen LogP contribution in [0.15, 0.2) is 0 Å². The number of nitrogens with zero attached hydrogens (tertiary/aromatic N) is 5. The van der Waals surface area contributed by atoms with Gasteiger partial charge in [-0.25, -0.2) is 0 Å². The zero-order chi connectivity index (χ0) is 15.9. The van der Waals surface area contributed by atoms with Crippen molar-refractivity contribution in [1.82, 2.24) is 24.9 Å². The number of likely N-dealkylation sites (N-methyl/N-ethyl adjacent to an activating group) is 3.